The van der Waals surface area contributed by atoms with E-state index in [1.165, 1.54) is 48.6 Å². The summed E-state index contributed by atoms with van der Waals surface area (Å²) in [6, 6.07) is 0. The Bertz CT molecular complexity index is 514. The molecule has 1 aromatic rings. The Morgan fingerprint density at radius 3 is 2.91 bits per heavy atom. The normalized spacial score (nSPS) is 22.7. The van der Waals surface area contributed by atoms with Gasteiger partial charge in [-0.15, -0.1) is 11.3 Å². The van der Waals surface area contributed by atoms with Crippen molar-refractivity contribution in [2.45, 2.75) is 45.1 Å². The number of aryl methyl sites for hydroxylation is 1. The second-order valence-electron chi connectivity index (χ2n) is 6.42. The summed E-state index contributed by atoms with van der Waals surface area (Å²) in [6.45, 7) is 7.81. The lowest BCUT2D eigenvalue weighted by Gasteiger charge is -2.26. The number of piperidine rings is 1. The number of aromatic nitrogens is 1. The highest BCUT2D eigenvalue weighted by Gasteiger charge is 2.29. The van der Waals surface area contributed by atoms with Gasteiger partial charge in [0.2, 0.25) is 0 Å². The largest absolute Gasteiger partial charge is 0.375 e. The van der Waals surface area contributed by atoms with Crippen LogP contribution >= 0.6 is 11.3 Å². The summed E-state index contributed by atoms with van der Waals surface area (Å²) in [5.74, 6) is 0.0665. The number of amides is 1. The van der Waals surface area contributed by atoms with E-state index in [4.69, 9.17) is 4.74 Å². The summed E-state index contributed by atoms with van der Waals surface area (Å²) < 4.78 is 6.00. The van der Waals surface area contributed by atoms with E-state index in [9.17, 15) is 4.79 Å². The maximum absolute atomic E-state index is 12.5. The molecule has 0 spiro atoms. The molecule has 0 aliphatic carbocycles. The van der Waals surface area contributed by atoms with E-state index >= 15 is 0 Å². The van der Waals surface area contributed by atoms with Crippen LogP contribution in [0.2, 0.25) is 0 Å². The van der Waals surface area contributed by atoms with Crippen LogP contribution in [0.25, 0.3) is 0 Å². The van der Waals surface area contributed by atoms with E-state index in [0.717, 1.165) is 32.5 Å². The fourth-order valence-corrected chi connectivity index (χ4v) is 4.11. The van der Waals surface area contributed by atoms with E-state index in [0.29, 0.717) is 11.6 Å². The van der Waals surface area contributed by atoms with Gasteiger partial charge < -0.3 is 14.5 Å². The number of hydrogen-bond acceptors (Lipinski definition) is 5. The van der Waals surface area contributed by atoms with E-state index in [-0.39, 0.29) is 12.0 Å². The first-order chi connectivity index (χ1) is 11.3. The number of hydrogen-bond donors (Lipinski definition) is 0. The van der Waals surface area contributed by atoms with Gasteiger partial charge in [-0.25, -0.2) is 4.98 Å². The van der Waals surface area contributed by atoms with Crippen molar-refractivity contribution < 1.29 is 9.53 Å². The van der Waals surface area contributed by atoms with Crippen LogP contribution in [0.1, 0.15) is 47.3 Å². The Labute approximate surface area is 142 Å². The highest BCUT2D eigenvalue weighted by molar-refractivity contribution is 7.13. The Hall–Kier alpha value is -0.980. The van der Waals surface area contributed by atoms with E-state index < -0.39 is 0 Å². The summed E-state index contributed by atoms with van der Waals surface area (Å²) in [5, 5.41) is 0.621. The predicted octanol–water partition coefficient (Wildman–Crippen LogP) is 2.42. The standard InChI is InChI=1S/C17H27N3O2S/c1-2-15-12-18-16(23-15)17(21)20-9-6-14(13-20)22-11-10-19-7-4-3-5-8-19/h12,14H,2-11,13H2,1H3. The second kappa shape index (κ2) is 8.22. The molecule has 2 fully saturated rings. The van der Waals surface area contributed by atoms with Gasteiger partial charge >= 0.3 is 0 Å². The molecule has 0 bridgehead atoms. The van der Waals surface area contributed by atoms with Crippen LogP contribution in [0, 0.1) is 0 Å². The van der Waals surface area contributed by atoms with Crippen molar-refractivity contribution in [1.29, 1.82) is 0 Å². The van der Waals surface area contributed by atoms with Crippen LogP contribution < -0.4 is 0 Å². The van der Waals surface area contributed by atoms with Crippen molar-refractivity contribution in [1.82, 2.24) is 14.8 Å². The van der Waals surface area contributed by atoms with Gasteiger partial charge in [0.1, 0.15) is 0 Å². The Kier molecular flexibility index (Phi) is 6.02. The first-order valence-corrected chi connectivity index (χ1v) is 9.66. The van der Waals surface area contributed by atoms with Crippen LogP contribution in [-0.2, 0) is 11.2 Å². The van der Waals surface area contributed by atoms with Crippen molar-refractivity contribution >= 4 is 17.2 Å². The number of nitrogens with zero attached hydrogens (tertiary/aromatic N) is 3. The molecule has 3 heterocycles. The minimum atomic E-state index is 0.0665. The SMILES string of the molecule is CCc1cnc(C(=O)N2CCC(OCCN3CCCCC3)C2)s1. The molecule has 6 heteroatoms. The van der Waals surface area contributed by atoms with Gasteiger partial charge in [-0.1, -0.05) is 13.3 Å². The van der Waals surface area contributed by atoms with Crippen LogP contribution in [0.15, 0.2) is 6.20 Å². The minimum absolute atomic E-state index is 0.0665. The fraction of sp³-hybridized carbons (Fsp3) is 0.765. The third kappa shape index (κ3) is 4.52. The van der Waals surface area contributed by atoms with Crippen LogP contribution in [0.4, 0.5) is 0 Å². The van der Waals surface area contributed by atoms with Gasteiger partial charge in [-0.3, -0.25) is 4.79 Å². The van der Waals surface area contributed by atoms with Gasteiger partial charge in [-0.2, -0.15) is 0 Å². The number of thiazole rings is 1. The summed E-state index contributed by atoms with van der Waals surface area (Å²) in [6.07, 6.45) is 7.90. The van der Waals surface area contributed by atoms with Crippen LogP contribution in [0.3, 0.4) is 0 Å². The lowest BCUT2D eigenvalue weighted by molar-refractivity contribution is 0.0379. The van der Waals surface area contributed by atoms with Crippen molar-refractivity contribution in [3.63, 3.8) is 0 Å². The van der Waals surface area contributed by atoms with Crippen LogP contribution in [0.5, 0.6) is 0 Å². The molecule has 0 aromatic carbocycles. The third-order valence-corrected chi connectivity index (χ3v) is 5.86. The van der Waals surface area contributed by atoms with E-state index in [1.54, 1.807) is 0 Å². The number of rotatable bonds is 6. The zero-order chi connectivity index (χ0) is 16.1. The summed E-state index contributed by atoms with van der Waals surface area (Å²) in [7, 11) is 0. The second-order valence-corrected chi connectivity index (χ2v) is 7.54. The summed E-state index contributed by atoms with van der Waals surface area (Å²) in [5.41, 5.74) is 0. The summed E-state index contributed by atoms with van der Waals surface area (Å²) >= 11 is 1.52. The molecule has 1 amide bonds. The Morgan fingerprint density at radius 2 is 2.17 bits per heavy atom. The monoisotopic (exact) mass is 337 g/mol. The number of likely N-dealkylation sites (tertiary alicyclic amines) is 2. The van der Waals surface area contributed by atoms with Crippen molar-refractivity contribution in [3.8, 4) is 0 Å². The molecule has 2 saturated heterocycles. The molecule has 0 saturated carbocycles. The quantitative estimate of drug-likeness (QED) is 0.800. The van der Waals surface area contributed by atoms with Crippen LogP contribution in [-0.4, -0.2) is 66.1 Å². The lowest BCUT2D eigenvalue weighted by Crippen LogP contribution is -2.34. The van der Waals surface area contributed by atoms with Gasteiger partial charge in [0.25, 0.3) is 5.91 Å². The van der Waals surface area contributed by atoms with Gasteiger partial charge in [0, 0.05) is 30.7 Å². The average molecular weight is 337 g/mol. The topological polar surface area (TPSA) is 45.7 Å². The molecule has 5 nitrogen and oxygen atoms in total. The summed E-state index contributed by atoms with van der Waals surface area (Å²) in [4.78, 5) is 22.3. The highest BCUT2D eigenvalue weighted by Crippen LogP contribution is 2.20. The zero-order valence-electron chi connectivity index (χ0n) is 14.0. The molecule has 0 N–H and O–H groups in total. The highest BCUT2D eigenvalue weighted by atomic mass is 32.1. The molecule has 128 valence electrons. The maximum atomic E-state index is 12.5. The minimum Gasteiger partial charge on any atom is -0.375 e. The van der Waals surface area contributed by atoms with E-state index in [1.807, 2.05) is 11.1 Å². The molecule has 23 heavy (non-hydrogen) atoms. The molecule has 2 aliphatic heterocycles. The molecule has 3 rings (SSSR count). The molecule has 1 unspecified atom stereocenters. The lowest BCUT2D eigenvalue weighted by atomic mass is 10.1. The molecule has 0 radical (unpaired) electrons. The number of carbonyl (C=O) groups is 1. The maximum Gasteiger partial charge on any atom is 0.282 e. The van der Waals surface area contributed by atoms with E-state index in [2.05, 4.69) is 16.8 Å². The predicted molar refractivity (Wildman–Crippen MR) is 92.0 cm³/mol. The Morgan fingerprint density at radius 1 is 1.35 bits per heavy atom. The Balaban J connectivity index is 1.40. The fourth-order valence-electron chi connectivity index (χ4n) is 3.29. The molecule has 1 atom stereocenters. The molecule has 2 aliphatic rings. The van der Waals surface area contributed by atoms with Gasteiger partial charge in [-0.05, 0) is 38.8 Å². The molecular weight excluding hydrogens is 310 g/mol. The average Bonchev–Trinajstić information content (AvgIpc) is 3.24. The molecule has 1 aromatic heterocycles. The number of ether oxygens (including phenoxy) is 1. The van der Waals surface area contributed by atoms with Crippen molar-refractivity contribution in [2.24, 2.45) is 0 Å². The first-order valence-electron chi connectivity index (χ1n) is 8.84. The van der Waals surface area contributed by atoms with Crippen molar-refractivity contribution in [2.75, 3.05) is 39.3 Å². The first kappa shape index (κ1) is 16.9. The number of carbonyl (C=O) groups excluding carboxylic acids is 1. The van der Waals surface area contributed by atoms with Gasteiger partial charge in [0.15, 0.2) is 5.01 Å². The molecular formula is C17H27N3O2S. The zero-order valence-corrected chi connectivity index (χ0v) is 14.8. The third-order valence-electron chi connectivity index (χ3n) is 4.73. The van der Waals surface area contributed by atoms with Crippen molar-refractivity contribution in [3.05, 3.63) is 16.1 Å². The van der Waals surface area contributed by atoms with Gasteiger partial charge in [0.05, 0.1) is 12.7 Å². The smallest absolute Gasteiger partial charge is 0.282 e.